The van der Waals surface area contributed by atoms with Gasteiger partial charge in [0, 0.05) is 13.7 Å². The van der Waals surface area contributed by atoms with Gasteiger partial charge in [-0.2, -0.15) is 5.10 Å². The number of nitrogens with zero attached hydrogens (tertiary/aromatic N) is 3. The van der Waals surface area contributed by atoms with E-state index in [1.807, 2.05) is 18.8 Å². The number of aromatic nitrogens is 2. The Morgan fingerprint density at radius 3 is 2.60 bits per heavy atom. The SMILES string of the molecule is COc1cnn(CCN(C)C)c1C(N)C1(OC)CCC1. The summed E-state index contributed by atoms with van der Waals surface area (Å²) in [6.45, 7) is 1.70. The summed E-state index contributed by atoms with van der Waals surface area (Å²) in [5.41, 5.74) is 7.17. The molecule has 1 saturated carbocycles. The lowest BCUT2D eigenvalue weighted by Crippen LogP contribution is -2.49. The maximum atomic E-state index is 6.49. The number of likely N-dealkylation sites (N-methyl/N-ethyl adjacent to an activating group) is 1. The van der Waals surface area contributed by atoms with Crippen molar-refractivity contribution in [2.45, 2.75) is 37.5 Å². The van der Waals surface area contributed by atoms with Gasteiger partial charge in [0.15, 0.2) is 5.75 Å². The summed E-state index contributed by atoms with van der Waals surface area (Å²) in [4.78, 5) is 2.12. The van der Waals surface area contributed by atoms with Crippen LogP contribution in [0.1, 0.15) is 31.0 Å². The first kappa shape index (κ1) is 15.3. The second-order valence-electron chi connectivity index (χ2n) is 5.72. The molecule has 6 heteroatoms. The molecule has 0 spiro atoms. The fraction of sp³-hybridized carbons (Fsp3) is 0.786. The first-order chi connectivity index (χ1) is 9.54. The minimum absolute atomic E-state index is 0.208. The summed E-state index contributed by atoms with van der Waals surface area (Å²) in [6.07, 6.45) is 4.89. The van der Waals surface area contributed by atoms with Crippen molar-refractivity contribution in [1.29, 1.82) is 0 Å². The van der Waals surface area contributed by atoms with Crippen LogP contribution in [0.3, 0.4) is 0 Å². The van der Waals surface area contributed by atoms with Crippen LogP contribution in [0.15, 0.2) is 6.20 Å². The zero-order valence-corrected chi connectivity index (χ0v) is 12.9. The number of ether oxygens (including phenoxy) is 2. The highest BCUT2D eigenvalue weighted by molar-refractivity contribution is 5.31. The van der Waals surface area contributed by atoms with Gasteiger partial charge in [0.2, 0.25) is 0 Å². The van der Waals surface area contributed by atoms with Gasteiger partial charge >= 0.3 is 0 Å². The van der Waals surface area contributed by atoms with Crippen LogP contribution < -0.4 is 10.5 Å². The molecule has 0 amide bonds. The van der Waals surface area contributed by atoms with E-state index in [0.29, 0.717) is 0 Å². The third kappa shape index (κ3) is 2.68. The van der Waals surface area contributed by atoms with E-state index in [0.717, 1.165) is 43.8 Å². The maximum absolute atomic E-state index is 6.49. The van der Waals surface area contributed by atoms with Crippen molar-refractivity contribution in [1.82, 2.24) is 14.7 Å². The van der Waals surface area contributed by atoms with Crippen molar-refractivity contribution in [2.75, 3.05) is 34.9 Å². The van der Waals surface area contributed by atoms with Crippen LogP contribution in [0.2, 0.25) is 0 Å². The molecule has 1 atom stereocenters. The molecule has 0 bridgehead atoms. The Labute approximate surface area is 120 Å². The van der Waals surface area contributed by atoms with Crippen molar-refractivity contribution >= 4 is 0 Å². The molecule has 114 valence electrons. The lowest BCUT2D eigenvalue weighted by atomic mass is 9.73. The molecule has 0 aliphatic heterocycles. The molecule has 2 N–H and O–H groups in total. The van der Waals surface area contributed by atoms with Gasteiger partial charge in [0.1, 0.15) is 5.69 Å². The molecule has 6 nitrogen and oxygen atoms in total. The van der Waals surface area contributed by atoms with Crippen molar-refractivity contribution in [2.24, 2.45) is 5.73 Å². The van der Waals surface area contributed by atoms with Crippen molar-refractivity contribution in [3.05, 3.63) is 11.9 Å². The highest BCUT2D eigenvalue weighted by Gasteiger charge is 2.45. The van der Waals surface area contributed by atoms with Gasteiger partial charge in [0.05, 0.1) is 31.5 Å². The Kier molecular flexibility index (Phi) is 4.67. The molecule has 1 aliphatic carbocycles. The smallest absolute Gasteiger partial charge is 0.161 e. The van der Waals surface area contributed by atoms with Crippen molar-refractivity contribution in [3.63, 3.8) is 0 Å². The molecule has 1 heterocycles. The Morgan fingerprint density at radius 2 is 2.15 bits per heavy atom. The van der Waals surface area contributed by atoms with Gasteiger partial charge in [-0.25, -0.2) is 0 Å². The minimum Gasteiger partial charge on any atom is -0.493 e. The number of hydrogen-bond donors (Lipinski definition) is 1. The van der Waals surface area contributed by atoms with Gasteiger partial charge in [-0.15, -0.1) is 0 Å². The summed E-state index contributed by atoms with van der Waals surface area (Å²) in [5.74, 6) is 0.750. The first-order valence-corrected chi connectivity index (χ1v) is 7.09. The number of hydrogen-bond acceptors (Lipinski definition) is 5. The summed E-state index contributed by atoms with van der Waals surface area (Å²) in [5, 5.41) is 4.42. The Morgan fingerprint density at radius 1 is 1.45 bits per heavy atom. The van der Waals surface area contributed by atoms with Gasteiger partial charge in [-0.05, 0) is 33.4 Å². The highest BCUT2D eigenvalue weighted by atomic mass is 16.5. The van der Waals surface area contributed by atoms with E-state index in [1.54, 1.807) is 20.4 Å². The van der Waals surface area contributed by atoms with E-state index < -0.39 is 0 Å². The molecule has 0 radical (unpaired) electrons. The molecule has 1 fully saturated rings. The molecule has 2 rings (SSSR count). The van der Waals surface area contributed by atoms with E-state index in [4.69, 9.17) is 15.2 Å². The molecular formula is C14H26N4O2. The van der Waals surface area contributed by atoms with Gasteiger partial charge in [0.25, 0.3) is 0 Å². The van der Waals surface area contributed by atoms with Crippen LogP contribution in [-0.2, 0) is 11.3 Å². The molecule has 1 unspecified atom stereocenters. The van der Waals surface area contributed by atoms with Crippen LogP contribution in [-0.4, -0.2) is 55.1 Å². The van der Waals surface area contributed by atoms with Gasteiger partial charge < -0.3 is 20.1 Å². The predicted octanol–water partition coefficient (Wildman–Crippen LogP) is 1.02. The molecule has 20 heavy (non-hydrogen) atoms. The summed E-state index contributed by atoms with van der Waals surface area (Å²) in [7, 11) is 7.49. The molecule has 0 aromatic carbocycles. The molecule has 1 aliphatic rings. The quantitative estimate of drug-likeness (QED) is 0.809. The van der Waals surface area contributed by atoms with Crippen molar-refractivity contribution in [3.8, 4) is 5.75 Å². The summed E-state index contributed by atoms with van der Waals surface area (Å²) in [6, 6.07) is -0.208. The zero-order chi connectivity index (χ0) is 14.8. The third-order valence-corrected chi connectivity index (χ3v) is 4.29. The monoisotopic (exact) mass is 282 g/mol. The zero-order valence-electron chi connectivity index (χ0n) is 12.9. The van der Waals surface area contributed by atoms with Crippen molar-refractivity contribution < 1.29 is 9.47 Å². The predicted molar refractivity (Wildman–Crippen MR) is 77.9 cm³/mol. The second-order valence-corrected chi connectivity index (χ2v) is 5.72. The standard InChI is InChI=1S/C14H26N4O2/c1-17(2)8-9-18-12(11(19-3)10-16-18)13(15)14(20-4)6-5-7-14/h10,13H,5-9,15H2,1-4H3. The van der Waals surface area contributed by atoms with E-state index in [2.05, 4.69) is 10.00 Å². The highest BCUT2D eigenvalue weighted by Crippen LogP contribution is 2.45. The fourth-order valence-electron chi connectivity index (χ4n) is 2.74. The number of rotatable bonds is 7. The first-order valence-electron chi connectivity index (χ1n) is 7.09. The average Bonchev–Trinajstić information content (AvgIpc) is 2.78. The lowest BCUT2D eigenvalue weighted by molar-refractivity contribution is -0.0931. The largest absolute Gasteiger partial charge is 0.493 e. The van der Waals surface area contributed by atoms with Crippen LogP contribution in [0.25, 0.3) is 0 Å². The van der Waals surface area contributed by atoms with Crippen LogP contribution in [0.5, 0.6) is 5.75 Å². The topological polar surface area (TPSA) is 65.5 Å². The average molecular weight is 282 g/mol. The third-order valence-electron chi connectivity index (χ3n) is 4.29. The normalized spacial score (nSPS) is 18.9. The van der Waals surface area contributed by atoms with E-state index in [-0.39, 0.29) is 11.6 Å². The van der Waals surface area contributed by atoms with Crippen LogP contribution in [0.4, 0.5) is 0 Å². The van der Waals surface area contributed by atoms with E-state index in [1.165, 1.54) is 0 Å². The lowest BCUT2D eigenvalue weighted by Gasteiger charge is -2.45. The minimum atomic E-state index is -0.261. The van der Waals surface area contributed by atoms with Crippen LogP contribution in [0, 0.1) is 0 Å². The van der Waals surface area contributed by atoms with Gasteiger partial charge in [-0.3, -0.25) is 4.68 Å². The second kappa shape index (κ2) is 6.11. The fourth-order valence-corrected chi connectivity index (χ4v) is 2.74. The van der Waals surface area contributed by atoms with Gasteiger partial charge in [-0.1, -0.05) is 0 Å². The Balaban J connectivity index is 2.25. The Bertz CT molecular complexity index is 435. The Hall–Kier alpha value is -1.11. The summed E-state index contributed by atoms with van der Waals surface area (Å²) >= 11 is 0. The number of nitrogens with two attached hydrogens (primary N) is 1. The van der Waals surface area contributed by atoms with E-state index >= 15 is 0 Å². The van der Waals surface area contributed by atoms with E-state index in [9.17, 15) is 0 Å². The molecular weight excluding hydrogens is 256 g/mol. The molecule has 1 aromatic heterocycles. The number of methoxy groups -OCH3 is 2. The molecule has 1 aromatic rings. The van der Waals surface area contributed by atoms with Crippen LogP contribution >= 0.6 is 0 Å². The maximum Gasteiger partial charge on any atom is 0.161 e. The molecule has 0 saturated heterocycles. The summed E-state index contributed by atoms with van der Waals surface area (Å²) < 4.78 is 13.1.